The van der Waals surface area contributed by atoms with Crippen molar-refractivity contribution in [2.24, 2.45) is 0 Å². The Morgan fingerprint density at radius 2 is 1.89 bits per heavy atom. The van der Waals surface area contributed by atoms with Crippen LogP contribution in [0.5, 0.6) is 0 Å². The number of benzene rings is 1. The Kier molecular flexibility index (Phi) is 4.21. The number of amides is 1. The predicted molar refractivity (Wildman–Crippen MR) is 73.9 cm³/mol. The minimum absolute atomic E-state index is 0.157. The largest absolute Gasteiger partial charge is 0.324 e. The minimum Gasteiger partial charge on any atom is -0.324 e. The summed E-state index contributed by atoms with van der Waals surface area (Å²) in [4.78, 5) is 14.1. The van der Waals surface area contributed by atoms with Crippen molar-refractivity contribution in [3.05, 3.63) is 24.3 Å². The van der Waals surface area contributed by atoms with Crippen molar-refractivity contribution in [2.45, 2.75) is 17.7 Å². The third-order valence-electron chi connectivity index (χ3n) is 3.13. The molecule has 0 aliphatic carbocycles. The molecule has 0 aromatic heterocycles. The van der Waals surface area contributed by atoms with Crippen molar-refractivity contribution in [1.82, 2.24) is 4.90 Å². The van der Waals surface area contributed by atoms with Crippen molar-refractivity contribution >= 4 is 21.4 Å². The molecule has 1 aliphatic heterocycles. The summed E-state index contributed by atoms with van der Waals surface area (Å²) in [6.07, 6.45) is 3.37. The fraction of sp³-hybridized carbons (Fsp3) is 0.462. The third-order valence-corrected chi connectivity index (χ3v) is 4.28. The fourth-order valence-electron chi connectivity index (χ4n) is 2.23. The molecule has 1 amide bonds. The van der Waals surface area contributed by atoms with E-state index in [0.717, 1.165) is 32.2 Å². The van der Waals surface area contributed by atoms with Gasteiger partial charge in [0.2, 0.25) is 5.91 Å². The lowest BCUT2D eigenvalue weighted by Gasteiger charge is -2.15. The maximum Gasteiger partial charge on any atom is 0.238 e. The van der Waals surface area contributed by atoms with E-state index in [4.69, 9.17) is 0 Å². The second-order valence-corrected chi connectivity index (χ2v) is 6.78. The number of carbonyl (C=O) groups is 1. The maximum absolute atomic E-state index is 11.9. The molecule has 6 heteroatoms. The van der Waals surface area contributed by atoms with Crippen LogP contribution in [0.25, 0.3) is 0 Å². The Bertz CT molecular complexity index is 563. The molecule has 1 heterocycles. The van der Waals surface area contributed by atoms with Crippen LogP contribution in [-0.4, -0.2) is 45.1 Å². The Balaban J connectivity index is 2.08. The van der Waals surface area contributed by atoms with E-state index in [-0.39, 0.29) is 10.8 Å². The molecule has 1 aromatic carbocycles. The van der Waals surface area contributed by atoms with E-state index in [0.29, 0.717) is 12.2 Å². The summed E-state index contributed by atoms with van der Waals surface area (Å²) in [5.41, 5.74) is 0.356. The second-order valence-electron chi connectivity index (χ2n) is 4.80. The van der Waals surface area contributed by atoms with E-state index in [1.54, 1.807) is 18.2 Å². The van der Waals surface area contributed by atoms with Gasteiger partial charge in [-0.15, -0.1) is 0 Å². The predicted octanol–water partition coefficient (Wildman–Crippen LogP) is 1.12. The molecule has 0 bridgehead atoms. The van der Waals surface area contributed by atoms with E-state index < -0.39 is 9.84 Å². The van der Waals surface area contributed by atoms with E-state index in [9.17, 15) is 13.2 Å². The molecule has 1 N–H and O–H groups in total. The van der Waals surface area contributed by atoms with Crippen molar-refractivity contribution in [3.63, 3.8) is 0 Å². The molecule has 104 valence electrons. The second kappa shape index (κ2) is 5.71. The number of hydrogen-bond donors (Lipinski definition) is 1. The highest BCUT2D eigenvalue weighted by atomic mass is 32.2. The van der Waals surface area contributed by atoms with E-state index in [1.807, 2.05) is 0 Å². The highest BCUT2D eigenvalue weighted by molar-refractivity contribution is 7.90. The van der Waals surface area contributed by atoms with Gasteiger partial charge in [0.15, 0.2) is 9.84 Å². The molecule has 0 unspecified atom stereocenters. The van der Waals surface area contributed by atoms with Gasteiger partial charge in [-0.25, -0.2) is 8.42 Å². The van der Waals surface area contributed by atoms with Crippen LogP contribution in [0.2, 0.25) is 0 Å². The Hall–Kier alpha value is -1.40. The number of likely N-dealkylation sites (tertiary alicyclic amines) is 1. The monoisotopic (exact) mass is 282 g/mol. The third kappa shape index (κ3) is 3.78. The number of para-hydroxylation sites is 1. The lowest BCUT2D eigenvalue weighted by Crippen LogP contribution is -2.31. The summed E-state index contributed by atoms with van der Waals surface area (Å²) in [6.45, 7) is 2.18. The highest BCUT2D eigenvalue weighted by Crippen LogP contribution is 2.20. The van der Waals surface area contributed by atoms with Gasteiger partial charge in [0.25, 0.3) is 0 Å². The highest BCUT2D eigenvalue weighted by Gasteiger charge is 2.18. The molecular formula is C13H18N2O3S. The average Bonchev–Trinajstić information content (AvgIpc) is 2.81. The smallest absolute Gasteiger partial charge is 0.238 e. The molecule has 2 rings (SSSR count). The van der Waals surface area contributed by atoms with Crippen LogP contribution in [0.4, 0.5) is 5.69 Å². The van der Waals surface area contributed by atoms with Crippen molar-refractivity contribution in [2.75, 3.05) is 31.2 Å². The van der Waals surface area contributed by atoms with Crippen LogP contribution in [0.1, 0.15) is 12.8 Å². The quantitative estimate of drug-likeness (QED) is 0.899. The summed E-state index contributed by atoms with van der Waals surface area (Å²) in [5.74, 6) is -0.169. The van der Waals surface area contributed by atoms with E-state index in [1.165, 1.54) is 6.07 Å². The number of anilines is 1. The average molecular weight is 282 g/mol. The van der Waals surface area contributed by atoms with E-state index >= 15 is 0 Å². The number of nitrogens with one attached hydrogen (secondary N) is 1. The van der Waals surface area contributed by atoms with Crippen LogP contribution in [0.15, 0.2) is 29.2 Å². The zero-order valence-corrected chi connectivity index (χ0v) is 11.7. The first-order valence-electron chi connectivity index (χ1n) is 6.28. The Morgan fingerprint density at radius 3 is 2.53 bits per heavy atom. The van der Waals surface area contributed by atoms with E-state index in [2.05, 4.69) is 10.2 Å². The van der Waals surface area contributed by atoms with Gasteiger partial charge in [-0.2, -0.15) is 0 Å². The van der Waals surface area contributed by atoms with Crippen LogP contribution < -0.4 is 5.32 Å². The molecule has 1 fully saturated rings. The van der Waals surface area contributed by atoms with Crippen LogP contribution >= 0.6 is 0 Å². The fourth-order valence-corrected chi connectivity index (χ4v) is 3.07. The van der Waals surface area contributed by atoms with Gasteiger partial charge in [-0.1, -0.05) is 12.1 Å². The van der Waals surface area contributed by atoms with Crippen LogP contribution in [0.3, 0.4) is 0 Å². The van der Waals surface area contributed by atoms with Crippen molar-refractivity contribution in [3.8, 4) is 0 Å². The van der Waals surface area contributed by atoms with Gasteiger partial charge in [-0.05, 0) is 38.1 Å². The molecule has 19 heavy (non-hydrogen) atoms. The Morgan fingerprint density at radius 1 is 1.26 bits per heavy atom. The van der Waals surface area contributed by atoms with Gasteiger partial charge in [0, 0.05) is 6.26 Å². The molecule has 1 aromatic rings. The zero-order valence-electron chi connectivity index (χ0n) is 10.9. The van der Waals surface area contributed by atoms with Gasteiger partial charge in [-0.3, -0.25) is 9.69 Å². The zero-order chi connectivity index (χ0) is 13.9. The normalized spacial score (nSPS) is 16.5. The molecular weight excluding hydrogens is 264 g/mol. The molecule has 1 aliphatic rings. The van der Waals surface area contributed by atoms with Gasteiger partial charge >= 0.3 is 0 Å². The lowest BCUT2D eigenvalue weighted by molar-refractivity contribution is -0.117. The first-order chi connectivity index (χ1) is 8.97. The molecule has 0 atom stereocenters. The van der Waals surface area contributed by atoms with Gasteiger partial charge in [0.05, 0.1) is 17.1 Å². The van der Waals surface area contributed by atoms with Crippen LogP contribution in [-0.2, 0) is 14.6 Å². The number of nitrogens with zero attached hydrogens (tertiary/aromatic N) is 1. The van der Waals surface area contributed by atoms with Crippen LogP contribution in [0, 0.1) is 0 Å². The summed E-state index contributed by atoms with van der Waals surface area (Å²) in [6, 6.07) is 6.46. The van der Waals surface area contributed by atoms with Gasteiger partial charge in [0.1, 0.15) is 0 Å². The number of sulfone groups is 1. The van der Waals surface area contributed by atoms with Gasteiger partial charge < -0.3 is 5.32 Å². The molecule has 0 saturated carbocycles. The molecule has 1 saturated heterocycles. The molecule has 5 nitrogen and oxygen atoms in total. The first-order valence-corrected chi connectivity index (χ1v) is 8.17. The number of carbonyl (C=O) groups excluding carboxylic acids is 1. The summed E-state index contributed by atoms with van der Waals surface area (Å²) >= 11 is 0. The maximum atomic E-state index is 11.9. The molecule has 0 spiro atoms. The number of hydrogen-bond acceptors (Lipinski definition) is 4. The Labute approximate surface area is 113 Å². The summed E-state index contributed by atoms with van der Waals surface area (Å²) < 4.78 is 23.2. The summed E-state index contributed by atoms with van der Waals surface area (Å²) in [5, 5.41) is 2.68. The first kappa shape index (κ1) is 14.0. The molecule has 0 radical (unpaired) electrons. The standard InChI is InChI=1S/C13H18N2O3S/c1-19(17,18)12-7-3-2-6-11(12)14-13(16)10-15-8-4-5-9-15/h2-3,6-7H,4-5,8-10H2,1H3,(H,14,16). The number of rotatable bonds is 4. The topological polar surface area (TPSA) is 66.5 Å². The van der Waals surface area contributed by atoms with Crippen molar-refractivity contribution < 1.29 is 13.2 Å². The minimum atomic E-state index is -3.33. The van der Waals surface area contributed by atoms with Crippen molar-refractivity contribution in [1.29, 1.82) is 0 Å². The lowest BCUT2D eigenvalue weighted by atomic mass is 10.3. The summed E-state index contributed by atoms with van der Waals surface area (Å²) in [7, 11) is -3.33. The SMILES string of the molecule is CS(=O)(=O)c1ccccc1NC(=O)CN1CCCC1.